The molecule has 20 heavy (non-hydrogen) atoms. The lowest BCUT2D eigenvalue weighted by Crippen LogP contribution is -2.30. The van der Waals surface area contributed by atoms with Gasteiger partial charge in [0.25, 0.3) is 0 Å². The van der Waals surface area contributed by atoms with E-state index in [4.69, 9.17) is 10.6 Å². The molecule has 0 radical (unpaired) electrons. The highest BCUT2D eigenvalue weighted by Gasteiger charge is 2.15. The monoisotopic (exact) mass is 272 g/mol. The molecule has 0 aliphatic heterocycles. The van der Waals surface area contributed by atoms with Gasteiger partial charge in [-0.3, -0.25) is 5.84 Å². The summed E-state index contributed by atoms with van der Waals surface area (Å²) in [4.78, 5) is 8.63. The summed E-state index contributed by atoms with van der Waals surface area (Å²) in [5.41, 5.74) is 4.77. The van der Waals surface area contributed by atoms with Gasteiger partial charge in [-0.05, 0) is 36.6 Å². The third-order valence-electron chi connectivity index (χ3n) is 2.91. The van der Waals surface area contributed by atoms with Crippen LogP contribution in [0.1, 0.15) is 36.3 Å². The molecule has 5 nitrogen and oxygen atoms in total. The molecular formula is C15H20N4O. The Balaban J connectivity index is 2.17. The van der Waals surface area contributed by atoms with E-state index in [0.717, 1.165) is 29.9 Å². The van der Waals surface area contributed by atoms with Crippen molar-refractivity contribution in [3.8, 4) is 5.75 Å². The van der Waals surface area contributed by atoms with Gasteiger partial charge in [0.05, 0.1) is 6.61 Å². The molecule has 5 heteroatoms. The topological polar surface area (TPSA) is 73.1 Å². The Bertz CT molecular complexity index is 525. The SMILES string of the molecule is CCCOc1ccc(C(NN)c2ncc(C)cn2)cc1. The van der Waals surface area contributed by atoms with Gasteiger partial charge in [-0.1, -0.05) is 19.1 Å². The van der Waals surface area contributed by atoms with Crippen LogP contribution in [0.5, 0.6) is 5.75 Å². The van der Waals surface area contributed by atoms with E-state index in [9.17, 15) is 0 Å². The quantitative estimate of drug-likeness (QED) is 0.622. The van der Waals surface area contributed by atoms with Gasteiger partial charge in [0.1, 0.15) is 11.8 Å². The average Bonchev–Trinajstić information content (AvgIpc) is 2.49. The Labute approximate surface area is 119 Å². The van der Waals surface area contributed by atoms with Gasteiger partial charge < -0.3 is 4.74 Å². The van der Waals surface area contributed by atoms with Crippen molar-refractivity contribution in [3.05, 3.63) is 53.6 Å². The average molecular weight is 272 g/mol. The fraction of sp³-hybridized carbons (Fsp3) is 0.333. The molecule has 0 aliphatic rings. The molecule has 0 spiro atoms. The van der Waals surface area contributed by atoms with E-state index in [1.54, 1.807) is 12.4 Å². The molecule has 0 fully saturated rings. The number of hydrazine groups is 1. The second-order valence-electron chi connectivity index (χ2n) is 4.64. The van der Waals surface area contributed by atoms with Crippen molar-refractivity contribution in [2.24, 2.45) is 5.84 Å². The first-order valence-corrected chi connectivity index (χ1v) is 6.72. The molecule has 1 unspecified atom stereocenters. The Morgan fingerprint density at radius 2 is 1.85 bits per heavy atom. The lowest BCUT2D eigenvalue weighted by atomic mass is 10.1. The van der Waals surface area contributed by atoms with Gasteiger partial charge in [0.2, 0.25) is 0 Å². The van der Waals surface area contributed by atoms with E-state index < -0.39 is 0 Å². The van der Waals surface area contributed by atoms with E-state index in [-0.39, 0.29) is 6.04 Å². The molecule has 0 aliphatic carbocycles. The van der Waals surface area contributed by atoms with Crippen molar-refractivity contribution in [2.45, 2.75) is 26.3 Å². The molecule has 106 valence electrons. The summed E-state index contributed by atoms with van der Waals surface area (Å²) in [7, 11) is 0. The standard InChI is InChI=1S/C15H20N4O/c1-3-8-20-13-6-4-12(5-7-13)14(19-16)15-17-9-11(2)10-18-15/h4-7,9-10,14,19H,3,8,16H2,1-2H3. The fourth-order valence-electron chi connectivity index (χ4n) is 1.85. The minimum Gasteiger partial charge on any atom is -0.494 e. The molecule has 1 atom stereocenters. The maximum absolute atomic E-state index is 5.63. The zero-order chi connectivity index (χ0) is 14.4. The number of rotatable bonds is 6. The van der Waals surface area contributed by atoms with E-state index in [1.165, 1.54) is 0 Å². The van der Waals surface area contributed by atoms with Crippen molar-refractivity contribution < 1.29 is 4.74 Å². The van der Waals surface area contributed by atoms with Crippen LogP contribution in [0.4, 0.5) is 0 Å². The second kappa shape index (κ2) is 6.98. The summed E-state index contributed by atoms with van der Waals surface area (Å²) < 4.78 is 5.56. The summed E-state index contributed by atoms with van der Waals surface area (Å²) in [6, 6.07) is 7.58. The summed E-state index contributed by atoms with van der Waals surface area (Å²) in [6.45, 7) is 4.75. The molecule has 0 saturated heterocycles. The molecule has 1 heterocycles. The predicted molar refractivity (Wildman–Crippen MR) is 78.2 cm³/mol. The zero-order valence-electron chi connectivity index (χ0n) is 11.8. The zero-order valence-corrected chi connectivity index (χ0v) is 11.8. The maximum Gasteiger partial charge on any atom is 0.150 e. The smallest absolute Gasteiger partial charge is 0.150 e. The van der Waals surface area contributed by atoms with Crippen LogP contribution in [0, 0.1) is 6.92 Å². The first-order valence-electron chi connectivity index (χ1n) is 6.72. The number of ether oxygens (including phenoxy) is 1. The Morgan fingerprint density at radius 1 is 1.20 bits per heavy atom. The van der Waals surface area contributed by atoms with Gasteiger partial charge in [0, 0.05) is 12.4 Å². The van der Waals surface area contributed by atoms with E-state index in [0.29, 0.717) is 5.82 Å². The Hall–Kier alpha value is -1.98. The van der Waals surface area contributed by atoms with Gasteiger partial charge >= 0.3 is 0 Å². The number of nitrogens with one attached hydrogen (secondary N) is 1. The highest BCUT2D eigenvalue weighted by molar-refractivity contribution is 5.31. The summed E-state index contributed by atoms with van der Waals surface area (Å²) in [5, 5.41) is 0. The first-order chi connectivity index (χ1) is 9.74. The van der Waals surface area contributed by atoms with Crippen molar-refractivity contribution in [2.75, 3.05) is 6.61 Å². The molecule has 0 bridgehead atoms. The minimum absolute atomic E-state index is 0.226. The molecule has 3 N–H and O–H groups in total. The van der Waals surface area contributed by atoms with Crippen molar-refractivity contribution >= 4 is 0 Å². The van der Waals surface area contributed by atoms with Gasteiger partial charge in [-0.25, -0.2) is 15.4 Å². The third kappa shape index (κ3) is 3.53. The summed E-state index contributed by atoms with van der Waals surface area (Å²) >= 11 is 0. The predicted octanol–water partition coefficient (Wildman–Crippen LogP) is 2.13. The highest BCUT2D eigenvalue weighted by atomic mass is 16.5. The number of hydrogen-bond acceptors (Lipinski definition) is 5. The van der Waals surface area contributed by atoms with Crippen molar-refractivity contribution in [1.29, 1.82) is 0 Å². The Kier molecular flexibility index (Phi) is 5.03. The van der Waals surface area contributed by atoms with Crippen molar-refractivity contribution in [3.63, 3.8) is 0 Å². The number of aryl methyl sites for hydroxylation is 1. The highest BCUT2D eigenvalue weighted by Crippen LogP contribution is 2.21. The van der Waals surface area contributed by atoms with E-state index in [1.807, 2.05) is 31.2 Å². The van der Waals surface area contributed by atoms with Gasteiger partial charge in [-0.2, -0.15) is 0 Å². The van der Waals surface area contributed by atoms with Gasteiger partial charge in [-0.15, -0.1) is 0 Å². The van der Waals surface area contributed by atoms with Crippen LogP contribution >= 0.6 is 0 Å². The molecule has 0 amide bonds. The van der Waals surface area contributed by atoms with Crippen LogP contribution in [0.3, 0.4) is 0 Å². The fourth-order valence-corrected chi connectivity index (χ4v) is 1.85. The van der Waals surface area contributed by atoms with Crippen LogP contribution in [0.15, 0.2) is 36.7 Å². The summed E-state index contributed by atoms with van der Waals surface area (Å²) in [6.07, 6.45) is 4.56. The Morgan fingerprint density at radius 3 is 2.40 bits per heavy atom. The van der Waals surface area contributed by atoms with Crippen LogP contribution in [0.2, 0.25) is 0 Å². The van der Waals surface area contributed by atoms with E-state index >= 15 is 0 Å². The van der Waals surface area contributed by atoms with Crippen LogP contribution in [-0.2, 0) is 0 Å². The van der Waals surface area contributed by atoms with Crippen LogP contribution < -0.4 is 16.0 Å². The maximum atomic E-state index is 5.63. The van der Waals surface area contributed by atoms with Crippen molar-refractivity contribution in [1.82, 2.24) is 15.4 Å². The molecule has 1 aromatic heterocycles. The van der Waals surface area contributed by atoms with Crippen LogP contribution in [0.25, 0.3) is 0 Å². The largest absolute Gasteiger partial charge is 0.494 e. The van der Waals surface area contributed by atoms with Crippen LogP contribution in [-0.4, -0.2) is 16.6 Å². The summed E-state index contributed by atoms with van der Waals surface area (Å²) in [5.74, 6) is 7.14. The molecule has 1 aromatic carbocycles. The number of nitrogens with two attached hydrogens (primary N) is 1. The third-order valence-corrected chi connectivity index (χ3v) is 2.91. The lowest BCUT2D eigenvalue weighted by Gasteiger charge is -2.15. The lowest BCUT2D eigenvalue weighted by molar-refractivity contribution is 0.317. The number of hydrogen-bond donors (Lipinski definition) is 2. The van der Waals surface area contributed by atoms with Gasteiger partial charge in [0.15, 0.2) is 5.82 Å². The van der Waals surface area contributed by atoms with E-state index in [2.05, 4.69) is 22.3 Å². The number of aromatic nitrogens is 2. The normalized spacial score (nSPS) is 12.2. The molecular weight excluding hydrogens is 252 g/mol. The molecule has 2 rings (SSSR count). The minimum atomic E-state index is -0.226. The second-order valence-corrected chi connectivity index (χ2v) is 4.64. The molecule has 0 saturated carbocycles. The molecule has 2 aromatic rings. The number of benzene rings is 1. The number of nitrogens with zero attached hydrogens (tertiary/aromatic N) is 2. The first kappa shape index (κ1) is 14.4.